The molecule has 0 unspecified atom stereocenters. The van der Waals surface area contributed by atoms with E-state index in [-0.39, 0.29) is 0 Å². The van der Waals surface area contributed by atoms with E-state index in [1.54, 1.807) is 11.3 Å². The minimum Gasteiger partial charge on any atom is -0.347 e. The second-order valence-corrected chi connectivity index (χ2v) is 7.89. The van der Waals surface area contributed by atoms with Crippen molar-refractivity contribution in [3.05, 3.63) is 60.4 Å². The second kappa shape index (κ2) is 8.59. The third kappa shape index (κ3) is 4.34. The molecule has 0 saturated carbocycles. The molecule has 3 aromatic rings. The van der Waals surface area contributed by atoms with Gasteiger partial charge in [-0.1, -0.05) is 54.7 Å². The van der Waals surface area contributed by atoms with Crippen molar-refractivity contribution in [1.29, 1.82) is 0 Å². The summed E-state index contributed by atoms with van der Waals surface area (Å²) in [5.74, 6) is 0. The lowest BCUT2D eigenvalue weighted by Gasteiger charge is -2.34. The van der Waals surface area contributed by atoms with Gasteiger partial charge in [0.25, 0.3) is 0 Å². The van der Waals surface area contributed by atoms with Gasteiger partial charge >= 0.3 is 0 Å². The fourth-order valence-corrected chi connectivity index (χ4v) is 4.50. The van der Waals surface area contributed by atoms with Gasteiger partial charge in [-0.05, 0) is 30.9 Å². The van der Waals surface area contributed by atoms with Crippen molar-refractivity contribution in [2.75, 3.05) is 18.0 Å². The van der Waals surface area contributed by atoms with Crippen LogP contribution in [-0.4, -0.2) is 34.3 Å². The van der Waals surface area contributed by atoms with Gasteiger partial charge in [-0.15, -0.1) is 10.2 Å². The molecule has 1 fully saturated rings. The highest BCUT2D eigenvalue weighted by Gasteiger charge is 2.24. The number of piperidine rings is 1. The van der Waals surface area contributed by atoms with Crippen LogP contribution < -0.4 is 10.2 Å². The van der Waals surface area contributed by atoms with Crippen LogP contribution in [-0.2, 0) is 0 Å². The van der Waals surface area contributed by atoms with E-state index in [4.69, 9.17) is 0 Å². The molecule has 1 atom stereocenters. The van der Waals surface area contributed by atoms with Crippen molar-refractivity contribution in [2.24, 2.45) is 0 Å². The van der Waals surface area contributed by atoms with Crippen LogP contribution in [0, 0.1) is 0 Å². The third-order valence-electron chi connectivity index (χ3n) is 5.13. The van der Waals surface area contributed by atoms with E-state index in [1.807, 2.05) is 36.7 Å². The predicted molar refractivity (Wildman–Crippen MR) is 111 cm³/mol. The highest BCUT2D eigenvalue weighted by molar-refractivity contribution is 7.18. The van der Waals surface area contributed by atoms with Gasteiger partial charge in [-0.25, -0.2) is 0 Å². The van der Waals surface area contributed by atoms with Crippen molar-refractivity contribution in [1.82, 2.24) is 20.5 Å². The minimum absolute atomic E-state index is 0.376. The van der Waals surface area contributed by atoms with Gasteiger partial charge in [0.05, 0.1) is 0 Å². The van der Waals surface area contributed by atoms with Gasteiger partial charge in [0.2, 0.25) is 5.13 Å². The Morgan fingerprint density at radius 1 is 1.11 bits per heavy atom. The molecule has 4 rings (SSSR count). The first kappa shape index (κ1) is 18.1. The number of pyridine rings is 1. The minimum atomic E-state index is 0.376. The summed E-state index contributed by atoms with van der Waals surface area (Å²) in [6.07, 6.45) is 7.12. The molecule has 0 amide bonds. The molecular formula is C21H25N5S. The largest absolute Gasteiger partial charge is 0.347 e. The van der Waals surface area contributed by atoms with Crippen molar-refractivity contribution in [2.45, 2.75) is 38.3 Å². The van der Waals surface area contributed by atoms with E-state index in [0.717, 1.165) is 48.1 Å². The van der Waals surface area contributed by atoms with E-state index >= 15 is 0 Å². The summed E-state index contributed by atoms with van der Waals surface area (Å²) in [7, 11) is 0. The SMILES string of the molecule is CC[C@@H](NC1CCN(c2nnc(-c3ccccc3)s2)CC1)c1cccnc1. The zero-order valence-corrected chi connectivity index (χ0v) is 16.4. The number of aromatic nitrogens is 3. The topological polar surface area (TPSA) is 53.9 Å². The lowest BCUT2D eigenvalue weighted by atomic mass is 10.0. The van der Waals surface area contributed by atoms with Gasteiger partial charge < -0.3 is 10.2 Å². The molecule has 140 valence electrons. The summed E-state index contributed by atoms with van der Waals surface area (Å²) >= 11 is 1.68. The molecule has 1 aliphatic heterocycles. The molecule has 0 aliphatic carbocycles. The monoisotopic (exact) mass is 379 g/mol. The molecule has 0 radical (unpaired) electrons. The number of hydrogen-bond donors (Lipinski definition) is 1. The first-order chi connectivity index (χ1) is 13.3. The van der Waals surface area contributed by atoms with Gasteiger partial charge in [-0.2, -0.15) is 0 Å². The first-order valence-corrected chi connectivity index (χ1v) is 10.4. The molecular weight excluding hydrogens is 354 g/mol. The van der Waals surface area contributed by atoms with Gasteiger partial charge in [0.1, 0.15) is 5.01 Å². The number of nitrogens with one attached hydrogen (secondary N) is 1. The Kier molecular flexibility index (Phi) is 5.75. The van der Waals surface area contributed by atoms with E-state index in [9.17, 15) is 0 Å². The highest BCUT2D eigenvalue weighted by atomic mass is 32.1. The number of benzene rings is 1. The zero-order valence-electron chi connectivity index (χ0n) is 15.6. The lowest BCUT2D eigenvalue weighted by Crippen LogP contribution is -2.43. The first-order valence-electron chi connectivity index (χ1n) is 9.63. The van der Waals surface area contributed by atoms with E-state index in [0.29, 0.717) is 12.1 Å². The standard InChI is InChI=1S/C21H25N5S/c1-2-19(17-9-6-12-22-15-17)23-18-10-13-26(14-11-18)21-25-24-20(27-21)16-7-4-3-5-8-16/h3-9,12,15,18-19,23H,2,10-11,13-14H2,1H3/t19-/m1/s1. The second-order valence-electron chi connectivity index (χ2n) is 6.93. The summed E-state index contributed by atoms with van der Waals surface area (Å²) in [5, 5.41) is 14.7. The Hall–Kier alpha value is -2.31. The third-order valence-corrected chi connectivity index (χ3v) is 6.17. The summed E-state index contributed by atoms with van der Waals surface area (Å²) in [6, 6.07) is 15.4. The molecule has 3 heterocycles. The molecule has 1 saturated heterocycles. The van der Waals surface area contributed by atoms with E-state index < -0.39 is 0 Å². The molecule has 2 aromatic heterocycles. The maximum atomic E-state index is 4.43. The molecule has 5 nitrogen and oxygen atoms in total. The molecule has 0 spiro atoms. The van der Waals surface area contributed by atoms with Crippen molar-refractivity contribution < 1.29 is 0 Å². The number of anilines is 1. The maximum Gasteiger partial charge on any atom is 0.208 e. The van der Waals surface area contributed by atoms with Crippen molar-refractivity contribution in [3.63, 3.8) is 0 Å². The molecule has 1 N–H and O–H groups in total. The van der Waals surface area contributed by atoms with Gasteiger partial charge in [0.15, 0.2) is 0 Å². The highest BCUT2D eigenvalue weighted by Crippen LogP contribution is 2.30. The van der Waals surface area contributed by atoms with E-state index in [2.05, 4.69) is 50.5 Å². The molecule has 27 heavy (non-hydrogen) atoms. The van der Waals surface area contributed by atoms with Crippen molar-refractivity contribution >= 4 is 16.5 Å². The summed E-state index contributed by atoms with van der Waals surface area (Å²) in [4.78, 5) is 6.63. The van der Waals surface area contributed by atoms with E-state index in [1.165, 1.54) is 5.56 Å². The Balaban J connectivity index is 1.35. The van der Waals surface area contributed by atoms with Crippen molar-refractivity contribution in [3.8, 4) is 10.6 Å². The molecule has 1 aromatic carbocycles. The van der Waals surface area contributed by atoms with Crippen LogP contribution >= 0.6 is 11.3 Å². The van der Waals surface area contributed by atoms with Crippen LogP contribution in [0.5, 0.6) is 0 Å². The normalized spacial score (nSPS) is 16.4. The number of rotatable bonds is 6. The van der Waals surface area contributed by atoms with Crippen LogP contribution in [0.25, 0.3) is 10.6 Å². The summed E-state index contributed by atoms with van der Waals surface area (Å²) in [5.41, 5.74) is 2.42. The quantitative estimate of drug-likeness (QED) is 0.692. The van der Waals surface area contributed by atoms with Crippen LogP contribution in [0.2, 0.25) is 0 Å². The van der Waals surface area contributed by atoms with Crippen LogP contribution in [0.4, 0.5) is 5.13 Å². The number of nitrogens with zero attached hydrogens (tertiary/aromatic N) is 4. The van der Waals surface area contributed by atoms with Gasteiger partial charge in [0, 0.05) is 43.1 Å². The predicted octanol–water partition coefficient (Wildman–Crippen LogP) is 4.31. The Morgan fingerprint density at radius 3 is 2.63 bits per heavy atom. The van der Waals surface area contributed by atoms with Crippen LogP contribution in [0.1, 0.15) is 37.8 Å². The molecule has 6 heteroatoms. The average molecular weight is 380 g/mol. The molecule has 0 bridgehead atoms. The molecule has 1 aliphatic rings. The fraction of sp³-hybridized carbons (Fsp3) is 0.381. The van der Waals surface area contributed by atoms with Crippen LogP contribution in [0.3, 0.4) is 0 Å². The smallest absolute Gasteiger partial charge is 0.208 e. The average Bonchev–Trinajstić information content (AvgIpc) is 3.24. The maximum absolute atomic E-state index is 4.43. The summed E-state index contributed by atoms with van der Waals surface area (Å²) < 4.78 is 0. The van der Waals surface area contributed by atoms with Crippen LogP contribution in [0.15, 0.2) is 54.9 Å². The fourth-order valence-electron chi connectivity index (χ4n) is 3.59. The Labute approximate surface area is 164 Å². The summed E-state index contributed by atoms with van der Waals surface area (Å²) in [6.45, 7) is 4.27. The van der Waals surface area contributed by atoms with Gasteiger partial charge in [-0.3, -0.25) is 4.98 Å². The zero-order chi connectivity index (χ0) is 18.5. The Morgan fingerprint density at radius 2 is 1.93 bits per heavy atom. The Bertz CT molecular complexity index is 828. The number of hydrogen-bond acceptors (Lipinski definition) is 6. The lowest BCUT2D eigenvalue weighted by molar-refractivity contribution is 0.363.